The molecular weight excluding hydrogens is 418 g/mol. The summed E-state index contributed by atoms with van der Waals surface area (Å²) in [6, 6.07) is 9.70. The summed E-state index contributed by atoms with van der Waals surface area (Å²) in [6.07, 6.45) is 6.10. The monoisotopic (exact) mass is 455 g/mol. The fourth-order valence-corrected chi connectivity index (χ4v) is 4.48. The van der Waals surface area contributed by atoms with Crippen molar-refractivity contribution in [3.8, 4) is 11.5 Å². The zero-order valence-electron chi connectivity index (χ0n) is 19.6. The molecule has 1 atom stereocenters. The van der Waals surface area contributed by atoms with Crippen molar-refractivity contribution < 1.29 is 14.6 Å². The second-order valence-corrected chi connectivity index (χ2v) is 8.97. The number of aromatic nitrogens is 1. The normalized spacial score (nSPS) is 18.1. The number of pyridine rings is 1. The predicted octanol–water partition coefficient (Wildman–Crippen LogP) is 3.08. The number of benzene rings is 1. The second-order valence-electron chi connectivity index (χ2n) is 8.97. The van der Waals surface area contributed by atoms with Crippen LogP contribution in [0, 0.1) is 5.92 Å². The van der Waals surface area contributed by atoms with Gasteiger partial charge in [-0.3, -0.25) is 0 Å². The SMILES string of the molecule is COc1ccc(Nc2ccnc(NCC3CCNCC3)c2)cc1OCC(O)CN1CCCC1. The van der Waals surface area contributed by atoms with E-state index in [2.05, 4.69) is 25.8 Å². The first-order valence-corrected chi connectivity index (χ1v) is 12.1. The van der Waals surface area contributed by atoms with Gasteiger partial charge in [-0.1, -0.05) is 0 Å². The summed E-state index contributed by atoms with van der Waals surface area (Å²) in [5.74, 6) is 2.81. The minimum atomic E-state index is -0.529. The Morgan fingerprint density at radius 2 is 1.91 bits per heavy atom. The van der Waals surface area contributed by atoms with E-state index in [9.17, 15) is 5.11 Å². The molecule has 1 aromatic carbocycles. The molecule has 2 aliphatic rings. The van der Waals surface area contributed by atoms with Crippen molar-refractivity contribution in [1.29, 1.82) is 0 Å². The van der Waals surface area contributed by atoms with Gasteiger partial charge in [-0.2, -0.15) is 0 Å². The smallest absolute Gasteiger partial charge is 0.163 e. The zero-order chi connectivity index (χ0) is 22.9. The minimum absolute atomic E-state index is 0.232. The Morgan fingerprint density at radius 3 is 2.70 bits per heavy atom. The lowest BCUT2D eigenvalue weighted by atomic mass is 9.98. The highest BCUT2D eigenvalue weighted by molar-refractivity contribution is 5.65. The summed E-state index contributed by atoms with van der Waals surface area (Å²) in [5.41, 5.74) is 1.83. The van der Waals surface area contributed by atoms with Gasteiger partial charge in [0, 0.05) is 42.8 Å². The van der Waals surface area contributed by atoms with Crippen LogP contribution in [-0.4, -0.2) is 74.1 Å². The number of aliphatic hydroxyl groups excluding tert-OH is 1. The van der Waals surface area contributed by atoms with Crippen LogP contribution in [0.2, 0.25) is 0 Å². The number of aliphatic hydroxyl groups is 1. The Morgan fingerprint density at radius 1 is 1.12 bits per heavy atom. The summed E-state index contributed by atoms with van der Waals surface area (Å²) in [5, 5.41) is 20.7. The molecule has 8 heteroatoms. The molecule has 180 valence electrons. The highest BCUT2D eigenvalue weighted by Gasteiger charge is 2.17. The highest BCUT2D eigenvalue weighted by atomic mass is 16.5. The van der Waals surface area contributed by atoms with E-state index in [4.69, 9.17) is 9.47 Å². The molecule has 0 spiro atoms. The van der Waals surface area contributed by atoms with Gasteiger partial charge in [-0.05, 0) is 76.0 Å². The van der Waals surface area contributed by atoms with Gasteiger partial charge in [0.25, 0.3) is 0 Å². The number of nitrogens with one attached hydrogen (secondary N) is 3. The average molecular weight is 456 g/mol. The quantitative estimate of drug-likeness (QED) is 0.411. The standard InChI is InChI=1S/C25H37N5O3/c1-32-23-5-4-20(14-24(23)33-18-22(31)17-30-12-2-3-13-30)29-21-8-11-27-25(15-21)28-16-19-6-9-26-10-7-19/h4-5,8,11,14-15,19,22,26,31H,2-3,6-7,9-10,12-13,16-18H2,1H3,(H2,27,28,29). The van der Waals surface area contributed by atoms with Crippen molar-refractivity contribution >= 4 is 17.2 Å². The number of anilines is 3. The molecule has 1 aromatic heterocycles. The molecule has 4 rings (SSSR count). The van der Waals surface area contributed by atoms with Gasteiger partial charge in [0.15, 0.2) is 11.5 Å². The number of hydrogen-bond donors (Lipinski definition) is 4. The number of methoxy groups -OCH3 is 1. The summed E-state index contributed by atoms with van der Waals surface area (Å²) < 4.78 is 11.4. The first-order valence-electron chi connectivity index (χ1n) is 12.1. The molecule has 2 fully saturated rings. The summed E-state index contributed by atoms with van der Waals surface area (Å²) in [4.78, 5) is 6.74. The number of β-amino-alcohol motifs (C(OH)–C–C–N with tert-alkyl or cyclic N) is 1. The molecule has 0 saturated carbocycles. The zero-order valence-corrected chi connectivity index (χ0v) is 19.6. The Hall–Kier alpha value is -2.55. The van der Waals surface area contributed by atoms with Crippen molar-refractivity contribution in [2.45, 2.75) is 31.8 Å². The van der Waals surface area contributed by atoms with E-state index in [1.165, 1.54) is 25.7 Å². The van der Waals surface area contributed by atoms with Crippen LogP contribution in [0.1, 0.15) is 25.7 Å². The molecule has 1 unspecified atom stereocenters. The molecule has 3 heterocycles. The molecule has 0 amide bonds. The maximum absolute atomic E-state index is 10.4. The van der Waals surface area contributed by atoms with Crippen LogP contribution in [-0.2, 0) is 0 Å². The van der Waals surface area contributed by atoms with E-state index in [0.717, 1.165) is 49.9 Å². The molecule has 33 heavy (non-hydrogen) atoms. The number of ether oxygens (including phenoxy) is 2. The van der Waals surface area contributed by atoms with E-state index in [1.54, 1.807) is 7.11 Å². The Balaban J connectivity index is 1.33. The first-order chi connectivity index (χ1) is 16.2. The van der Waals surface area contributed by atoms with Gasteiger partial charge in [0.05, 0.1) is 7.11 Å². The third-order valence-corrected chi connectivity index (χ3v) is 6.34. The average Bonchev–Trinajstić information content (AvgIpc) is 3.35. The lowest BCUT2D eigenvalue weighted by Crippen LogP contribution is -2.33. The summed E-state index contributed by atoms with van der Waals surface area (Å²) in [7, 11) is 1.62. The van der Waals surface area contributed by atoms with E-state index >= 15 is 0 Å². The Kier molecular flexibility index (Phi) is 8.63. The van der Waals surface area contributed by atoms with Crippen LogP contribution in [0.3, 0.4) is 0 Å². The molecule has 4 N–H and O–H groups in total. The third-order valence-electron chi connectivity index (χ3n) is 6.34. The van der Waals surface area contributed by atoms with Crippen LogP contribution in [0.15, 0.2) is 36.5 Å². The van der Waals surface area contributed by atoms with Gasteiger partial charge < -0.3 is 35.4 Å². The number of rotatable bonds is 11. The molecule has 0 radical (unpaired) electrons. The minimum Gasteiger partial charge on any atom is -0.493 e. The second kappa shape index (κ2) is 12.1. The number of nitrogens with zero attached hydrogens (tertiary/aromatic N) is 2. The van der Waals surface area contributed by atoms with Crippen LogP contribution in [0.5, 0.6) is 11.5 Å². The van der Waals surface area contributed by atoms with E-state index in [0.29, 0.717) is 24.0 Å². The molecule has 0 aliphatic carbocycles. The number of piperidine rings is 1. The van der Waals surface area contributed by atoms with Gasteiger partial charge in [0.2, 0.25) is 0 Å². The fraction of sp³-hybridized carbons (Fsp3) is 0.560. The molecule has 2 aliphatic heterocycles. The van der Waals surface area contributed by atoms with Gasteiger partial charge in [-0.15, -0.1) is 0 Å². The lowest BCUT2D eigenvalue weighted by Gasteiger charge is -2.23. The molecule has 2 aromatic rings. The van der Waals surface area contributed by atoms with Crippen LogP contribution in [0.4, 0.5) is 17.2 Å². The molecular formula is C25H37N5O3. The fourth-order valence-electron chi connectivity index (χ4n) is 4.48. The molecule has 0 bridgehead atoms. The predicted molar refractivity (Wildman–Crippen MR) is 132 cm³/mol. The largest absolute Gasteiger partial charge is 0.493 e. The molecule has 2 saturated heterocycles. The van der Waals surface area contributed by atoms with E-state index in [-0.39, 0.29) is 6.61 Å². The van der Waals surface area contributed by atoms with Crippen LogP contribution < -0.4 is 25.4 Å². The van der Waals surface area contributed by atoms with E-state index < -0.39 is 6.10 Å². The van der Waals surface area contributed by atoms with Crippen molar-refractivity contribution in [2.75, 3.05) is 63.6 Å². The van der Waals surface area contributed by atoms with Crippen molar-refractivity contribution in [2.24, 2.45) is 5.92 Å². The summed E-state index contributed by atoms with van der Waals surface area (Å²) in [6.45, 7) is 6.12. The first kappa shape index (κ1) is 23.6. The maximum atomic E-state index is 10.4. The van der Waals surface area contributed by atoms with E-state index in [1.807, 2.05) is 36.5 Å². The third kappa shape index (κ3) is 7.22. The van der Waals surface area contributed by atoms with Crippen LogP contribution >= 0.6 is 0 Å². The number of likely N-dealkylation sites (tertiary alicyclic amines) is 1. The van der Waals surface area contributed by atoms with Crippen LogP contribution in [0.25, 0.3) is 0 Å². The summed E-state index contributed by atoms with van der Waals surface area (Å²) >= 11 is 0. The number of hydrogen-bond acceptors (Lipinski definition) is 8. The lowest BCUT2D eigenvalue weighted by molar-refractivity contribution is 0.0747. The van der Waals surface area contributed by atoms with Gasteiger partial charge in [-0.25, -0.2) is 4.98 Å². The topological polar surface area (TPSA) is 90.9 Å². The van der Waals surface area contributed by atoms with Crippen molar-refractivity contribution in [3.63, 3.8) is 0 Å². The van der Waals surface area contributed by atoms with Gasteiger partial charge >= 0.3 is 0 Å². The highest BCUT2D eigenvalue weighted by Crippen LogP contribution is 2.32. The van der Waals surface area contributed by atoms with Crippen molar-refractivity contribution in [3.05, 3.63) is 36.5 Å². The van der Waals surface area contributed by atoms with Crippen molar-refractivity contribution in [1.82, 2.24) is 15.2 Å². The molecule has 8 nitrogen and oxygen atoms in total. The Labute approximate surface area is 196 Å². The van der Waals surface area contributed by atoms with Gasteiger partial charge in [0.1, 0.15) is 18.5 Å². The maximum Gasteiger partial charge on any atom is 0.163 e. The Bertz CT molecular complexity index is 869.